The second-order valence-electron chi connectivity index (χ2n) is 4.73. The van der Waals surface area contributed by atoms with Gasteiger partial charge in [0.05, 0.1) is 12.5 Å². The molecule has 0 aliphatic heterocycles. The van der Waals surface area contributed by atoms with E-state index in [1.165, 1.54) is 0 Å². The van der Waals surface area contributed by atoms with Crippen molar-refractivity contribution < 1.29 is 4.79 Å². The molecule has 0 fully saturated rings. The van der Waals surface area contributed by atoms with Gasteiger partial charge in [0.2, 0.25) is 5.91 Å². The maximum absolute atomic E-state index is 12.0. The first-order valence-electron chi connectivity index (χ1n) is 6.44. The molecule has 0 aliphatic carbocycles. The Morgan fingerprint density at radius 2 is 2.00 bits per heavy atom. The molecule has 1 amide bonds. The number of carbonyl (C=O) groups excluding carboxylic acids is 1. The van der Waals surface area contributed by atoms with Gasteiger partial charge in [-0.05, 0) is 36.2 Å². The third kappa shape index (κ3) is 3.75. The summed E-state index contributed by atoms with van der Waals surface area (Å²) >= 11 is 6.12. The van der Waals surface area contributed by atoms with Crippen LogP contribution < -0.4 is 11.1 Å². The van der Waals surface area contributed by atoms with Gasteiger partial charge in [-0.1, -0.05) is 41.9 Å². The molecule has 104 valence electrons. The Morgan fingerprint density at radius 3 is 2.70 bits per heavy atom. The first-order valence-corrected chi connectivity index (χ1v) is 6.82. The number of benzene rings is 2. The van der Waals surface area contributed by atoms with E-state index in [0.717, 1.165) is 11.1 Å². The fraction of sp³-hybridized carbons (Fsp3) is 0.188. The van der Waals surface area contributed by atoms with E-state index in [1.807, 2.05) is 43.3 Å². The standard InChI is InChI=1S/C16H17ClN2O/c1-11(14-7-2-3-8-15(14)17)19-16(20)10-12-5-4-6-13(18)9-12/h2-9,11H,10,18H2,1H3,(H,19,20)/t11-/m0/s1. The molecule has 2 aromatic rings. The number of hydrogen-bond donors (Lipinski definition) is 2. The summed E-state index contributed by atoms with van der Waals surface area (Å²) in [5, 5.41) is 3.60. The van der Waals surface area contributed by atoms with Gasteiger partial charge >= 0.3 is 0 Å². The van der Waals surface area contributed by atoms with Crippen LogP contribution in [0.3, 0.4) is 0 Å². The third-order valence-electron chi connectivity index (χ3n) is 3.06. The SMILES string of the molecule is C[C@H](NC(=O)Cc1cccc(N)c1)c1ccccc1Cl. The van der Waals surface area contributed by atoms with E-state index in [1.54, 1.807) is 12.1 Å². The molecule has 0 spiro atoms. The number of hydrogen-bond acceptors (Lipinski definition) is 2. The zero-order valence-electron chi connectivity index (χ0n) is 11.3. The molecule has 0 radical (unpaired) electrons. The first kappa shape index (κ1) is 14.4. The monoisotopic (exact) mass is 288 g/mol. The summed E-state index contributed by atoms with van der Waals surface area (Å²) < 4.78 is 0. The van der Waals surface area contributed by atoms with Gasteiger partial charge in [0.25, 0.3) is 0 Å². The smallest absolute Gasteiger partial charge is 0.224 e. The summed E-state index contributed by atoms with van der Waals surface area (Å²) in [7, 11) is 0. The minimum absolute atomic E-state index is 0.0528. The topological polar surface area (TPSA) is 55.1 Å². The minimum Gasteiger partial charge on any atom is -0.399 e. The second kappa shape index (κ2) is 6.44. The molecule has 0 aromatic heterocycles. The Balaban J connectivity index is 2.00. The number of rotatable bonds is 4. The summed E-state index contributed by atoms with van der Waals surface area (Å²) in [6, 6.07) is 14.7. The van der Waals surface area contributed by atoms with Crippen molar-refractivity contribution in [3.63, 3.8) is 0 Å². The van der Waals surface area contributed by atoms with Crippen LogP contribution in [0, 0.1) is 0 Å². The number of nitrogen functional groups attached to an aromatic ring is 1. The number of nitrogens with two attached hydrogens (primary N) is 1. The zero-order chi connectivity index (χ0) is 14.5. The Kier molecular flexibility index (Phi) is 4.64. The van der Waals surface area contributed by atoms with Gasteiger partial charge in [-0.15, -0.1) is 0 Å². The van der Waals surface area contributed by atoms with Gasteiger partial charge < -0.3 is 11.1 Å². The van der Waals surface area contributed by atoms with Gasteiger partial charge in [-0.25, -0.2) is 0 Å². The predicted octanol–water partition coefficient (Wildman–Crippen LogP) is 3.34. The van der Waals surface area contributed by atoms with Crippen molar-refractivity contribution in [1.82, 2.24) is 5.32 Å². The fourth-order valence-corrected chi connectivity index (χ4v) is 2.38. The van der Waals surface area contributed by atoms with Gasteiger partial charge in [-0.2, -0.15) is 0 Å². The van der Waals surface area contributed by atoms with E-state index in [9.17, 15) is 4.79 Å². The van der Waals surface area contributed by atoms with Crippen molar-refractivity contribution in [2.45, 2.75) is 19.4 Å². The van der Waals surface area contributed by atoms with Crippen molar-refractivity contribution in [2.24, 2.45) is 0 Å². The van der Waals surface area contributed by atoms with Crippen molar-refractivity contribution in [3.8, 4) is 0 Å². The summed E-state index contributed by atoms with van der Waals surface area (Å²) in [5.74, 6) is -0.0528. The average Bonchev–Trinajstić information content (AvgIpc) is 2.38. The molecular weight excluding hydrogens is 272 g/mol. The van der Waals surface area contributed by atoms with Crippen LogP contribution in [0.2, 0.25) is 5.02 Å². The summed E-state index contributed by atoms with van der Waals surface area (Å²) in [6.07, 6.45) is 0.305. The quantitative estimate of drug-likeness (QED) is 0.848. The van der Waals surface area contributed by atoms with Gasteiger partial charge in [0.1, 0.15) is 0 Å². The average molecular weight is 289 g/mol. The lowest BCUT2D eigenvalue weighted by atomic mass is 10.1. The summed E-state index contributed by atoms with van der Waals surface area (Å²) in [6.45, 7) is 1.92. The van der Waals surface area contributed by atoms with Crippen molar-refractivity contribution >= 4 is 23.2 Å². The van der Waals surface area contributed by atoms with E-state index in [-0.39, 0.29) is 11.9 Å². The lowest BCUT2D eigenvalue weighted by molar-refractivity contribution is -0.121. The van der Waals surface area contributed by atoms with Gasteiger partial charge in [-0.3, -0.25) is 4.79 Å². The molecular formula is C16H17ClN2O. The lowest BCUT2D eigenvalue weighted by Crippen LogP contribution is -2.28. The zero-order valence-corrected chi connectivity index (χ0v) is 12.0. The van der Waals surface area contributed by atoms with Crippen molar-refractivity contribution in [1.29, 1.82) is 0 Å². The molecule has 4 heteroatoms. The normalized spacial score (nSPS) is 11.9. The van der Waals surface area contributed by atoms with E-state index in [4.69, 9.17) is 17.3 Å². The number of halogens is 1. The fourth-order valence-electron chi connectivity index (χ4n) is 2.09. The Bertz CT molecular complexity index is 613. The molecule has 0 unspecified atom stereocenters. The van der Waals surface area contributed by atoms with Crippen LogP contribution in [0.25, 0.3) is 0 Å². The van der Waals surface area contributed by atoms with E-state index < -0.39 is 0 Å². The highest BCUT2D eigenvalue weighted by atomic mass is 35.5. The maximum atomic E-state index is 12.0. The molecule has 20 heavy (non-hydrogen) atoms. The van der Waals surface area contributed by atoms with Crippen LogP contribution in [0.15, 0.2) is 48.5 Å². The highest BCUT2D eigenvalue weighted by molar-refractivity contribution is 6.31. The Labute approximate surface area is 123 Å². The second-order valence-corrected chi connectivity index (χ2v) is 5.14. The maximum Gasteiger partial charge on any atom is 0.224 e. The number of carbonyl (C=O) groups is 1. The van der Waals surface area contributed by atoms with Crippen LogP contribution in [0.1, 0.15) is 24.1 Å². The molecule has 0 bridgehead atoms. The number of nitrogens with one attached hydrogen (secondary N) is 1. The van der Waals surface area contributed by atoms with E-state index >= 15 is 0 Å². The number of amides is 1. The molecule has 0 aliphatic rings. The van der Waals surface area contributed by atoms with Crippen LogP contribution >= 0.6 is 11.6 Å². The summed E-state index contributed by atoms with van der Waals surface area (Å²) in [4.78, 5) is 12.0. The van der Waals surface area contributed by atoms with Crippen LogP contribution in [0.5, 0.6) is 0 Å². The highest BCUT2D eigenvalue weighted by Gasteiger charge is 2.12. The van der Waals surface area contributed by atoms with Crippen molar-refractivity contribution in [3.05, 3.63) is 64.7 Å². The van der Waals surface area contributed by atoms with Crippen molar-refractivity contribution in [2.75, 3.05) is 5.73 Å². The Hall–Kier alpha value is -2.00. The molecule has 3 nitrogen and oxygen atoms in total. The van der Waals surface area contributed by atoms with Crippen LogP contribution in [-0.4, -0.2) is 5.91 Å². The molecule has 0 saturated heterocycles. The largest absolute Gasteiger partial charge is 0.399 e. The third-order valence-corrected chi connectivity index (χ3v) is 3.41. The lowest BCUT2D eigenvalue weighted by Gasteiger charge is -2.15. The molecule has 2 aromatic carbocycles. The van der Waals surface area contributed by atoms with Crippen LogP contribution in [0.4, 0.5) is 5.69 Å². The summed E-state index contributed by atoms with van der Waals surface area (Å²) in [5.41, 5.74) is 8.17. The molecule has 0 saturated carbocycles. The number of anilines is 1. The van der Waals surface area contributed by atoms with Crippen LogP contribution in [-0.2, 0) is 11.2 Å². The van der Waals surface area contributed by atoms with Gasteiger partial charge in [0, 0.05) is 10.7 Å². The molecule has 2 rings (SSSR count). The Morgan fingerprint density at radius 1 is 1.25 bits per heavy atom. The first-order chi connectivity index (χ1) is 9.56. The van der Waals surface area contributed by atoms with E-state index in [0.29, 0.717) is 17.1 Å². The minimum atomic E-state index is -0.128. The molecule has 0 heterocycles. The van der Waals surface area contributed by atoms with Gasteiger partial charge in [0.15, 0.2) is 0 Å². The molecule has 3 N–H and O–H groups in total. The predicted molar refractivity (Wildman–Crippen MR) is 82.6 cm³/mol. The molecule has 1 atom stereocenters. The van der Waals surface area contributed by atoms with E-state index in [2.05, 4.69) is 5.32 Å². The highest BCUT2D eigenvalue weighted by Crippen LogP contribution is 2.22.